The van der Waals surface area contributed by atoms with E-state index < -0.39 is 0 Å². The van der Waals surface area contributed by atoms with Crippen molar-refractivity contribution in [2.45, 2.75) is 13.0 Å². The summed E-state index contributed by atoms with van der Waals surface area (Å²) in [4.78, 5) is 4.28. The molecule has 0 spiro atoms. The highest BCUT2D eigenvalue weighted by atomic mass is 32.1. The first kappa shape index (κ1) is 7.06. The van der Waals surface area contributed by atoms with Crippen molar-refractivity contribution in [3.8, 4) is 0 Å². The van der Waals surface area contributed by atoms with E-state index in [4.69, 9.17) is 4.74 Å². The van der Waals surface area contributed by atoms with Gasteiger partial charge >= 0.3 is 0 Å². The maximum absolute atomic E-state index is 5.03. The van der Waals surface area contributed by atoms with E-state index in [1.807, 2.05) is 12.3 Å². The maximum atomic E-state index is 5.03. The molecule has 0 radical (unpaired) electrons. The molecule has 2 rings (SSSR count). The predicted molar refractivity (Wildman–Crippen MR) is 45.1 cm³/mol. The van der Waals surface area contributed by atoms with Crippen molar-refractivity contribution < 1.29 is 4.74 Å². The van der Waals surface area contributed by atoms with Gasteiger partial charge < -0.3 is 10.1 Å². The molecular formula is C7H10N2OS. The Hall–Kier alpha value is -0.610. The third-order valence-corrected chi connectivity index (χ3v) is 2.48. The molecule has 60 valence electrons. The van der Waals surface area contributed by atoms with Gasteiger partial charge in [-0.15, -0.1) is 11.3 Å². The molecule has 0 atom stereocenters. The molecule has 0 bridgehead atoms. The molecule has 11 heavy (non-hydrogen) atoms. The number of aromatic nitrogens is 1. The minimum absolute atomic E-state index is 0.487. The summed E-state index contributed by atoms with van der Waals surface area (Å²) in [6.07, 6.45) is 0. The van der Waals surface area contributed by atoms with E-state index in [-0.39, 0.29) is 0 Å². The molecule has 0 unspecified atom stereocenters. The lowest BCUT2D eigenvalue weighted by Gasteiger charge is -2.26. The first-order valence-electron chi connectivity index (χ1n) is 3.61. The zero-order chi connectivity index (χ0) is 7.68. The summed E-state index contributed by atoms with van der Waals surface area (Å²) < 4.78 is 5.03. The average molecular weight is 170 g/mol. The fourth-order valence-corrected chi connectivity index (χ4v) is 1.68. The van der Waals surface area contributed by atoms with Crippen LogP contribution in [0.15, 0.2) is 5.38 Å². The quantitative estimate of drug-likeness (QED) is 0.725. The average Bonchev–Trinajstić information content (AvgIpc) is 2.27. The molecule has 1 N–H and O–H groups in total. The van der Waals surface area contributed by atoms with E-state index in [9.17, 15) is 0 Å². The van der Waals surface area contributed by atoms with E-state index in [0.717, 1.165) is 24.0 Å². The summed E-state index contributed by atoms with van der Waals surface area (Å²) in [6, 6.07) is 0.487. The predicted octanol–water partition coefficient (Wildman–Crippen LogP) is 1.26. The highest BCUT2D eigenvalue weighted by Gasteiger charge is 2.18. The largest absolute Gasteiger partial charge is 0.377 e. The van der Waals surface area contributed by atoms with Gasteiger partial charge in [0.1, 0.15) is 0 Å². The van der Waals surface area contributed by atoms with Gasteiger partial charge in [0.25, 0.3) is 0 Å². The van der Waals surface area contributed by atoms with Crippen LogP contribution in [-0.2, 0) is 4.74 Å². The zero-order valence-electron chi connectivity index (χ0n) is 6.33. The van der Waals surface area contributed by atoms with Gasteiger partial charge in [-0.1, -0.05) is 0 Å². The van der Waals surface area contributed by atoms with Gasteiger partial charge in [-0.25, -0.2) is 4.98 Å². The number of aryl methyl sites for hydroxylation is 1. The molecule has 1 fully saturated rings. The highest BCUT2D eigenvalue weighted by molar-refractivity contribution is 7.13. The number of nitrogens with one attached hydrogen (secondary N) is 1. The van der Waals surface area contributed by atoms with Crippen molar-refractivity contribution >= 4 is 16.5 Å². The van der Waals surface area contributed by atoms with Crippen molar-refractivity contribution in [3.63, 3.8) is 0 Å². The highest BCUT2D eigenvalue weighted by Crippen LogP contribution is 2.17. The number of thiazole rings is 1. The van der Waals surface area contributed by atoms with Crippen LogP contribution in [0.3, 0.4) is 0 Å². The minimum atomic E-state index is 0.487. The van der Waals surface area contributed by atoms with Crippen molar-refractivity contribution in [1.82, 2.24) is 4.98 Å². The van der Waals surface area contributed by atoms with Crippen LogP contribution in [0.2, 0.25) is 0 Å². The number of anilines is 1. The van der Waals surface area contributed by atoms with Crippen molar-refractivity contribution in [2.75, 3.05) is 18.5 Å². The second-order valence-electron chi connectivity index (χ2n) is 2.67. The van der Waals surface area contributed by atoms with Crippen LogP contribution in [0.25, 0.3) is 0 Å². The summed E-state index contributed by atoms with van der Waals surface area (Å²) in [5.41, 5.74) is 1.08. The molecule has 4 heteroatoms. The summed E-state index contributed by atoms with van der Waals surface area (Å²) in [7, 11) is 0. The van der Waals surface area contributed by atoms with Gasteiger partial charge in [-0.2, -0.15) is 0 Å². The zero-order valence-corrected chi connectivity index (χ0v) is 7.15. The molecule has 0 saturated carbocycles. The molecular weight excluding hydrogens is 160 g/mol. The van der Waals surface area contributed by atoms with E-state index in [1.165, 1.54) is 0 Å². The Labute approximate surface area is 69.4 Å². The number of rotatable bonds is 2. The van der Waals surface area contributed by atoms with Crippen LogP contribution in [-0.4, -0.2) is 24.2 Å². The summed E-state index contributed by atoms with van der Waals surface area (Å²) in [6.45, 7) is 3.64. The van der Waals surface area contributed by atoms with Crippen LogP contribution in [0.4, 0.5) is 5.13 Å². The maximum Gasteiger partial charge on any atom is 0.183 e. The number of nitrogens with zero attached hydrogens (tertiary/aromatic N) is 1. The van der Waals surface area contributed by atoms with Crippen LogP contribution in [0, 0.1) is 6.92 Å². The fraction of sp³-hybridized carbons (Fsp3) is 0.571. The molecule has 1 aliphatic heterocycles. The number of ether oxygens (including phenoxy) is 1. The molecule has 1 aromatic rings. The van der Waals surface area contributed by atoms with Gasteiger partial charge in [-0.05, 0) is 6.92 Å². The van der Waals surface area contributed by atoms with Crippen LogP contribution < -0.4 is 5.32 Å². The summed E-state index contributed by atoms with van der Waals surface area (Å²) >= 11 is 1.65. The Morgan fingerprint density at radius 3 is 3.00 bits per heavy atom. The molecule has 1 saturated heterocycles. The lowest BCUT2D eigenvalue weighted by atomic mass is 10.3. The summed E-state index contributed by atoms with van der Waals surface area (Å²) in [5.74, 6) is 0. The Kier molecular flexibility index (Phi) is 1.79. The van der Waals surface area contributed by atoms with E-state index in [2.05, 4.69) is 10.3 Å². The number of hydrogen-bond acceptors (Lipinski definition) is 4. The molecule has 3 nitrogen and oxygen atoms in total. The number of hydrogen-bond donors (Lipinski definition) is 1. The van der Waals surface area contributed by atoms with Crippen molar-refractivity contribution in [3.05, 3.63) is 11.1 Å². The summed E-state index contributed by atoms with van der Waals surface area (Å²) in [5, 5.41) is 6.34. The molecule has 2 heterocycles. The van der Waals surface area contributed by atoms with Crippen molar-refractivity contribution in [2.24, 2.45) is 0 Å². The molecule has 0 amide bonds. The molecule has 1 aliphatic rings. The lowest BCUT2D eigenvalue weighted by Crippen LogP contribution is -2.40. The van der Waals surface area contributed by atoms with E-state index in [0.29, 0.717) is 6.04 Å². The molecule has 0 aliphatic carbocycles. The van der Waals surface area contributed by atoms with E-state index >= 15 is 0 Å². The van der Waals surface area contributed by atoms with Crippen LogP contribution in [0.1, 0.15) is 5.69 Å². The van der Waals surface area contributed by atoms with E-state index in [1.54, 1.807) is 11.3 Å². The monoisotopic (exact) mass is 170 g/mol. The Balaban J connectivity index is 1.95. The topological polar surface area (TPSA) is 34.1 Å². The third-order valence-electron chi connectivity index (χ3n) is 1.58. The van der Waals surface area contributed by atoms with Gasteiger partial charge in [0, 0.05) is 5.38 Å². The first-order chi connectivity index (χ1) is 5.34. The van der Waals surface area contributed by atoms with Gasteiger partial charge in [0.15, 0.2) is 5.13 Å². The molecule has 1 aromatic heterocycles. The van der Waals surface area contributed by atoms with Gasteiger partial charge in [0.05, 0.1) is 24.9 Å². The van der Waals surface area contributed by atoms with Crippen LogP contribution >= 0.6 is 11.3 Å². The van der Waals surface area contributed by atoms with Gasteiger partial charge in [-0.3, -0.25) is 0 Å². The molecule has 0 aromatic carbocycles. The standard InChI is InChI=1S/C7H10N2OS/c1-5-4-11-7(8-5)9-6-2-10-3-6/h4,6H,2-3H2,1H3,(H,8,9). The Morgan fingerprint density at radius 1 is 1.73 bits per heavy atom. The Bertz CT molecular complexity index is 244. The second-order valence-corrected chi connectivity index (χ2v) is 3.53. The first-order valence-corrected chi connectivity index (χ1v) is 4.49. The van der Waals surface area contributed by atoms with Crippen LogP contribution in [0.5, 0.6) is 0 Å². The normalized spacial score (nSPS) is 17.9. The third kappa shape index (κ3) is 1.52. The fourth-order valence-electron chi connectivity index (χ4n) is 0.914. The minimum Gasteiger partial charge on any atom is -0.377 e. The Morgan fingerprint density at radius 2 is 2.55 bits per heavy atom. The lowest BCUT2D eigenvalue weighted by molar-refractivity contribution is 0.0211. The SMILES string of the molecule is Cc1csc(NC2COC2)n1. The second kappa shape index (κ2) is 2.79. The smallest absolute Gasteiger partial charge is 0.183 e. The van der Waals surface area contributed by atoms with Crippen molar-refractivity contribution in [1.29, 1.82) is 0 Å². The van der Waals surface area contributed by atoms with Gasteiger partial charge in [0.2, 0.25) is 0 Å².